The molecule has 0 atom stereocenters. The second kappa shape index (κ2) is 4.25. The van der Waals surface area contributed by atoms with E-state index in [0.717, 1.165) is 6.42 Å². The molecule has 1 heteroatoms. The highest BCUT2D eigenvalue weighted by Gasteiger charge is 2.30. The normalized spacial score (nSPS) is 14.2. The zero-order valence-corrected chi connectivity index (χ0v) is 12.0. The standard InChI is InChI=1S/C17H18Si/c1-18(2,16-10-4-3-5-11-16)17-12-14-8-6-7-9-15(14)13-17/h3-12H,13H2,1-2H3. The summed E-state index contributed by atoms with van der Waals surface area (Å²) in [7, 11) is -1.48. The van der Waals surface area contributed by atoms with Crippen LogP contribution in [0.5, 0.6) is 0 Å². The van der Waals surface area contributed by atoms with Gasteiger partial charge in [-0.1, -0.05) is 84.2 Å². The van der Waals surface area contributed by atoms with Gasteiger partial charge < -0.3 is 0 Å². The first-order valence-corrected chi connectivity index (χ1v) is 9.52. The minimum absolute atomic E-state index is 1.14. The lowest BCUT2D eigenvalue weighted by Gasteiger charge is -2.24. The van der Waals surface area contributed by atoms with E-state index in [1.807, 2.05) is 0 Å². The lowest BCUT2D eigenvalue weighted by molar-refractivity contribution is 1.27. The van der Waals surface area contributed by atoms with Crippen LogP contribution in [0.25, 0.3) is 6.08 Å². The third-order valence-corrected chi connectivity index (χ3v) is 7.77. The first-order chi connectivity index (χ1) is 8.68. The molecule has 0 amide bonds. The Morgan fingerprint density at radius 2 is 1.50 bits per heavy atom. The predicted molar refractivity (Wildman–Crippen MR) is 81.7 cm³/mol. The fraction of sp³-hybridized carbons (Fsp3) is 0.176. The summed E-state index contributed by atoms with van der Waals surface area (Å²) in [5, 5.41) is 3.18. The summed E-state index contributed by atoms with van der Waals surface area (Å²) < 4.78 is 0. The van der Waals surface area contributed by atoms with Crippen LogP contribution in [0.1, 0.15) is 11.1 Å². The monoisotopic (exact) mass is 250 g/mol. The summed E-state index contributed by atoms with van der Waals surface area (Å²) >= 11 is 0. The molecular weight excluding hydrogens is 232 g/mol. The molecule has 0 saturated carbocycles. The number of hydrogen-bond donors (Lipinski definition) is 0. The Kier molecular flexibility index (Phi) is 2.71. The van der Waals surface area contributed by atoms with Crippen molar-refractivity contribution in [1.82, 2.24) is 0 Å². The quantitative estimate of drug-likeness (QED) is 0.712. The Balaban J connectivity index is 1.99. The molecule has 0 bridgehead atoms. The van der Waals surface area contributed by atoms with Crippen LogP contribution < -0.4 is 5.19 Å². The van der Waals surface area contributed by atoms with Crippen molar-refractivity contribution >= 4 is 19.3 Å². The summed E-state index contributed by atoms with van der Waals surface area (Å²) in [4.78, 5) is 0. The molecule has 0 aliphatic heterocycles. The van der Waals surface area contributed by atoms with Crippen molar-refractivity contribution in [3.8, 4) is 0 Å². The summed E-state index contributed by atoms with van der Waals surface area (Å²) in [5.41, 5.74) is 2.91. The first kappa shape index (κ1) is 11.5. The van der Waals surface area contributed by atoms with Crippen LogP contribution in [0.15, 0.2) is 59.8 Å². The molecule has 0 aromatic heterocycles. The largest absolute Gasteiger partial charge is 0.108 e. The third-order valence-electron chi connectivity index (χ3n) is 4.06. The summed E-state index contributed by atoms with van der Waals surface area (Å²) in [6.45, 7) is 4.92. The van der Waals surface area contributed by atoms with Gasteiger partial charge in [0.1, 0.15) is 8.07 Å². The molecular formula is C17H18Si. The number of rotatable bonds is 2. The van der Waals surface area contributed by atoms with E-state index in [2.05, 4.69) is 73.8 Å². The van der Waals surface area contributed by atoms with E-state index in [1.165, 1.54) is 16.3 Å². The van der Waals surface area contributed by atoms with Crippen LogP contribution in [-0.4, -0.2) is 8.07 Å². The molecule has 18 heavy (non-hydrogen) atoms. The van der Waals surface area contributed by atoms with E-state index in [9.17, 15) is 0 Å². The van der Waals surface area contributed by atoms with Crippen LogP contribution in [0.2, 0.25) is 13.1 Å². The van der Waals surface area contributed by atoms with E-state index in [4.69, 9.17) is 0 Å². The molecule has 0 nitrogen and oxygen atoms in total. The molecule has 0 spiro atoms. The first-order valence-electron chi connectivity index (χ1n) is 6.52. The van der Waals surface area contributed by atoms with Gasteiger partial charge in [0.15, 0.2) is 0 Å². The fourth-order valence-corrected chi connectivity index (χ4v) is 5.27. The molecule has 0 heterocycles. The van der Waals surface area contributed by atoms with Gasteiger partial charge >= 0.3 is 0 Å². The van der Waals surface area contributed by atoms with Crippen LogP contribution in [0.3, 0.4) is 0 Å². The maximum atomic E-state index is 2.46. The molecule has 0 radical (unpaired) electrons. The number of allylic oxidation sites excluding steroid dienone is 1. The minimum Gasteiger partial charge on any atom is -0.0711 e. The van der Waals surface area contributed by atoms with E-state index >= 15 is 0 Å². The van der Waals surface area contributed by atoms with Gasteiger partial charge in [-0.15, -0.1) is 0 Å². The Hall–Kier alpha value is -1.60. The van der Waals surface area contributed by atoms with Crippen LogP contribution in [0, 0.1) is 0 Å². The van der Waals surface area contributed by atoms with Gasteiger partial charge in [-0.3, -0.25) is 0 Å². The van der Waals surface area contributed by atoms with Crippen molar-refractivity contribution in [2.75, 3.05) is 0 Å². The average molecular weight is 250 g/mol. The van der Waals surface area contributed by atoms with E-state index in [-0.39, 0.29) is 0 Å². The topological polar surface area (TPSA) is 0 Å². The zero-order valence-electron chi connectivity index (χ0n) is 11.0. The zero-order chi connectivity index (χ0) is 12.6. The molecule has 1 aliphatic carbocycles. The number of hydrogen-bond acceptors (Lipinski definition) is 0. The highest BCUT2D eigenvalue weighted by Crippen LogP contribution is 2.30. The summed E-state index contributed by atoms with van der Waals surface area (Å²) in [6, 6.07) is 19.8. The maximum Gasteiger partial charge on any atom is 0.108 e. The molecule has 1 aliphatic rings. The van der Waals surface area contributed by atoms with Crippen molar-refractivity contribution < 1.29 is 0 Å². The lowest BCUT2D eigenvalue weighted by atomic mass is 10.1. The fourth-order valence-electron chi connectivity index (χ4n) is 2.72. The van der Waals surface area contributed by atoms with Crippen molar-refractivity contribution in [2.24, 2.45) is 0 Å². The average Bonchev–Trinajstić information content (AvgIpc) is 2.84. The number of benzene rings is 2. The van der Waals surface area contributed by atoms with Crippen LogP contribution >= 0.6 is 0 Å². The molecule has 0 saturated heterocycles. The van der Waals surface area contributed by atoms with Crippen molar-refractivity contribution in [3.63, 3.8) is 0 Å². The minimum atomic E-state index is -1.48. The van der Waals surface area contributed by atoms with E-state index in [1.54, 1.807) is 5.20 Å². The third kappa shape index (κ3) is 1.85. The smallest absolute Gasteiger partial charge is 0.0711 e. The summed E-state index contributed by atoms with van der Waals surface area (Å²) in [6.07, 6.45) is 3.57. The Bertz CT molecular complexity index is 594. The SMILES string of the molecule is C[Si](C)(C1=Cc2ccccc2C1)c1ccccc1. The van der Waals surface area contributed by atoms with Gasteiger partial charge in [0.05, 0.1) is 0 Å². The lowest BCUT2D eigenvalue weighted by Crippen LogP contribution is -2.43. The van der Waals surface area contributed by atoms with Crippen molar-refractivity contribution in [2.45, 2.75) is 19.5 Å². The Morgan fingerprint density at radius 1 is 0.833 bits per heavy atom. The number of fused-ring (bicyclic) bond motifs is 1. The molecule has 0 fully saturated rings. The molecule has 0 N–H and O–H groups in total. The van der Waals surface area contributed by atoms with Crippen molar-refractivity contribution in [3.05, 3.63) is 70.9 Å². The Labute approximate surface area is 110 Å². The van der Waals surface area contributed by atoms with Gasteiger partial charge in [0.2, 0.25) is 0 Å². The van der Waals surface area contributed by atoms with Crippen LogP contribution in [0.4, 0.5) is 0 Å². The second-order valence-corrected chi connectivity index (χ2v) is 10.0. The molecule has 90 valence electrons. The highest BCUT2D eigenvalue weighted by atomic mass is 28.3. The van der Waals surface area contributed by atoms with E-state index < -0.39 is 8.07 Å². The van der Waals surface area contributed by atoms with Crippen LogP contribution in [-0.2, 0) is 6.42 Å². The van der Waals surface area contributed by atoms with Gasteiger partial charge in [0.25, 0.3) is 0 Å². The highest BCUT2D eigenvalue weighted by molar-refractivity contribution is 6.96. The van der Waals surface area contributed by atoms with Crippen molar-refractivity contribution in [1.29, 1.82) is 0 Å². The molecule has 2 aromatic carbocycles. The van der Waals surface area contributed by atoms with Gasteiger partial charge in [-0.05, 0) is 17.5 Å². The van der Waals surface area contributed by atoms with Gasteiger partial charge in [-0.25, -0.2) is 0 Å². The van der Waals surface area contributed by atoms with Gasteiger partial charge in [0, 0.05) is 0 Å². The summed E-state index contributed by atoms with van der Waals surface area (Å²) in [5.74, 6) is 0. The second-order valence-electron chi connectivity index (χ2n) is 5.54. The molecule has 0 unspecified atom stereocenters. The van der Waals surface area contributed by atoms with Gasteiger partial charge in [-0.2, -0.15) is 0 Å². The maximum absolute atomic E-state index is 2.46. The molecule has 3 rings (SSSR count). The van der Waals surface area contributed by atoms with E-state index in [0.29, 0.717) is 0 Å². The molecule has 2 aromatic rings. The predicted octanol–water partition coefficient (Wildman–Crippen LogP) is 3.78. The Morgan fingerprint density at radius 3 is 2.22 bits per heavy atom.